The zero-order chi connectivity index (χ0) is 16.2. The minimum atomic E-state index is -0.187. The van der Waals surface area contributed by atoms with Gasteiger partial charge in [-0.2, -0.15) is 0 Å². The number of benzene rings is 1. The van der Waals surface area contributed by atoms with Crippen LogP contribution >= 0.6 is 0 Å². The molecule has 1 saturated heterocycles. The lowest BCUT2D eigenvalue weighted by Gasteiger charge is -2.35. The van der Waals surface area contributed by atoms with Gasteiger partial charge in [-0.3, -0.25) is 14.8 Å². The Labute approximate surface area is 138 Å². The monoisotopic (exact) mass is 313 g/mol. The van der Waals surface area contributed by atoms with Gasteiger partial charge in [0, 0.05) is 50.3 Å². The summed E-state index contributed by atoms with van der Waals surface area (Å²) in [6, 6.07) is 10.6. The second-order valence-corrected chi connectivity index (χ2v) is 6.58. The number of nitrogens with zero attached hydrogens (tertiary/aromatic N) is 3. The van der Waals surface area contributed by atoms with Crippen LogP contribution in [0.1, 0.15) is 24.6 Å². The molecule has 2 aromatic rings. The number of piperazine rings is 1. The number of aryl methyl sites for hydroxylation is 1. The number of hydrogen-bond donors (Lipinski definition) is 1. The summed E-state index contributed by atoms with van der Waals surface area (Å²) in [5.41, 5.74) is 3.55. The first kappa shape index (κ1) is 16.4. The van der Waals surface area contributed by atoms with Crippen molar-refractivity contribution in [1.82, 2.24) is 14.8 Å². The third kappa shape index (κ3) is 4.08. The van der Waals surface area contributed by atoms with Crippen LogP contribution in [-0.4, -0.2) is 58.7 Å². The highest BCUT2D eigenvalue weighted by Crippen LogP contribution is 2.20. The molecule has 1 aromatic carbocycles. The van der Waals surface area contributed by atoms with Crippen molar-refractivity contribution in [3.05, 3.63) is 41.6 Å². The average Bonchev–Trinajstić information content (AvgIpc) is 2.56. The van der Waals surface area contributed by atoms with Gasteiger partial charge in [-0.1, -0.05) is 25.1 Å². The van der Waals surface area contributed by atoms with Gasteiger partial charge >= 0.3 is 0 Å². The molecule has 0 amide bonds. The van der Waals surface area contributed by atoms with Gasteiger partial charge in [-0.05, 0) is 31.0 Å². The lowest BCUT2D eigenvalue weighted by Crippen LogP contribution is -2.48. The standard InChI is InChI=1S/C19H27N3O/c1-3-17(23)14-22-10-8-21(9-11-22)13-16-12-15(2)20-19-7-5-4-6-18(16)19/h4-7,12,17,23H,3,8-11,13-14H2,1-2H3. The Kier molecular flexibility index (Phi) is 5.26. The van der Waals surface area contributed by atoms with Crippen LogP contribution in [0.2, 0.25) is 0 Å². The zero-order valence-electron chi connectivity index (χ0n) is 14.2. The summed E-state index contributed by atoms with van der Waals surface area (Å²) in [5, 5.41) is 11.1. The first-order valence-corrected chi connectivity index (χ1v) is 8.63. The fourth-order valence-corrected chi connectivity index (χ4v) is 3.32. The van der Waals surface area contributed by atoms with Gasteiger partial charge in [-0.25, -0.2) is 0 Å². The van der Waals surface area contributed by atoms with Gasteiger partial charge in [0.25, 0.3) is 0 Å². The van der Waals surface area contributed by atoms with Crippen molar-refractivity contribution >= 4 is 10.9 Å². The van der Waals surface area contributed by atoms with Gasteiger partial charge < -0.3 is 5.11 Å². The Hall–Kier alpha value is -1.49. The molecule has 124 valence electrons. The molecule has 23 heavy (non-hydrogen) atoms. The number of aliphatic hydroxyl groups is 1. The highest BCUT2D eigenvalue weighted by Gasteiger charge is 2.19. The molecule has 1 atom stereocenters. The van der Waals surface area contributed by atoms with E-state index in [2.05, 4.69) is 52.0 Å². The predicted molar refractivity (Wildman–Crippen MR) is 94.5 cm³/mol. The first-order valence-electron chi connectivity index (χ1n) is 8.63. The van der Waals surface area contributed by atoms with Crippen molar-refractivity contribution in [1.29, 1.82) is 0 Å². The van der Waals surface area contributed by atoms with Gasteiger partial charge in [0.1, 0.15) is 0 Å². The van der Waals surface area contributed by atoms with E-state index in [1.165, 1.54) is 10.9 Å². The Balaban J connectivity index is 1.65. The zero-order valence-corrected chi connectivity index (χ0v) is 14.2. The maximum Gasteiger partial charge on any atom is 0.0708 e. The number of aliphatic hydroxyl groups excluding tert-OH is 1. The fourth-order valence-electron chi connectivity index (χ4n) is 3.32. The van der Waals surface area contributed by atoms with Gasteiger partial charge in [-0.15, -0.1) is 0 Å². The van der Waals surface area contributed by atoms with E-state index in [1.54, 1.807) is 0 Å². The molecule has 1 aromatic heterocycles. The number of β-amino-alcohol motifs (C(OH)–C–C–N with tert-alkyl or cyclic N) is 1. The average molecular weight is 313 g/mol. The largest absolute Gasteiger partial charge is 0.392 e. The van der Waals surface area contributed by atoms with Gasteiger partial charge in [0.05, 0.1) is 11.6 Å². The summed E-state index contributed by atoms with van der Waals surface area (Å²) < 4.78 is 0. The van der Waals surface area contributed by atoms with E-state index in [9.17, 15) is 5.11 Å². The Morgan fingerprint density at radius 2 is 1.83 bits per heavy atom. The molecule has 2 heterocycles. The Morgan fingerprint density at radius 1 is 1.13 bits per heavy atom. The molecule has 0 saturated carbocycles. The Morgan fingerprint density at radius 3 is 2.57 bits per heavy atom. The normalized spacial score (nSPS) is 18.4. The number of pyridine rings is 1. The van der Waals surface area contributed by atoms with Crippen LogP contribution < -0.4 is 0 Å². The minimum absolute atomic E-state index is 0.187. The Bertz CT molecular complexity index is 650. The van der Waals surface area contributed by atoms with Crippen molar-refractivity contribution in [2.75, 3.05) is 32.7 Å². The predicted octanol–water partition coefficient (Wildman–Crippen LogP) is 2.43. The van der Waals surface area contributed by atoms with E-state index < -0.39 is 0 Å². The first-order chi connectivity index (χ1) is 11.2. The second kappa shape index (κ2) is 7.39. The molecular formula is C19H27N3O. The molecule has 0 aliphatic carbocycles. The molecular weight excluding hydrogens is 286 g/mol. The summed E-state index contributed by atoms with van der Waals surface area (Å²) in [6.45, 7) is 10.1. The smallest absolute Gasteiger partial charge is 0.0708 e. The van der Waals surface area contributed by atoms with E-state index in [-0.39, 0.29) is 6.10 Å². The van der Waals surface area contributed by atoms with Crippen molar-refractivity contribution in [3.63, 3.8) is 0 Å². The number of rotatable bonds is 5. The molecule has 0 radical (unpaired) electrons. The second-order valence-electron chi connectivity index (χ2n) is 6.58. The molecule has 1 N–H and O–H groups in total. The molecule has 0 bridgehead atoms. The molecule has 1 fully saturated rings. The van der Waals surface area contributed by atoms with Crippen LogP contribution in [0.25, 0.3) is 10.9 Å². The van der Waals surface area contributed by atoms with Crippen molar-refractivity contribution < 1.29 is 5.11 Å². The molecule has 4 heteroatoms. The lowest BCUT2D eigenvalue weighted by molar-refractivity contribution is 0.0688. The quantitative estimate of drug-likeness (QED) is 0.920. The topological polar surface area (TPSA) is 39.6 Å². The highest BCUT2D eigenvalue weighted by atomic mass is 16.3. The molecule has 1 aliphatic rings. The number of aromatic nitrogens is 1. The van der Waals surface area contributed by atoms with Crippen LogP contribution in [0, 0.1) is 6.92 Å². The summed E-state index contributed by atoms with van der Waals surface area (Å²) in [4.78, 5) is 9.51. The summed E-state index contributed by atoms with van der Waals surface area (Å²) >= 11 is 0. The van der Waals surface area contributed by atoms with E-state index >= 15 is 0 Å². The number of para-hydroxylation sites is 1. The van der Waals surface area contributed by atoms with Crippen molar-refractivity contribution in [2.45, 2.75) is 32.9 Å². The number of fused-ring (bicyclic) bond motifs is 1. The molecule has 0 spiro atoms. The third-order valence-electron chi connectivity index (χ3n) is 4.73. The van der Waals surface area contributed by atoms with E-state index in [1.807, 2.05) is 6.92 Å². The summed E-state index contributed by atoms with van der Waals surface area (Å²) in [5.74, 6) is 0. The lowest BCUT2D eigenvalue weighted by atomic mass is 10.1. The maximum atomic E-state index is 9.80. The van der Waals surface area contributed by atoms with Gasteiger partial charge in [0.15, 0.2) is 0 Å². The van der Waals surface area contributed by atoms with Crippen LogP contribution in [0.5, 0.6) is 0 Å². The molecule has 1 unspecified atom stereocenters. The molecule has 3 rings (SSSR count). The number of hydrogen-bond acceptors (Lipinski definition) is 4. The van der Waals surface area contributed by atoms with Crippen molar-refractivity contribution in [3.8, 4) is 0 Å². The SMILES string of the molecule is CCC(O)CN1CCN(Cc2cc(C)nc3ccccc23)CC1. The summed E-state index contributed by atoms with van der Waals surface area (Å²) in [7, 11) is 0. The molecule has 4 nitrogen and oxygen atoms in total. The van der Waals surface area contributed by atoms with E-state index in [4.69, 9.17) is 0 Å². The van der Waals surface area contributed by atoms with Crippen LogP contribution in [0.3, 0.4) is 0 Å². The van der Waals surface area contributed by atoms with Crippen LogP contribution in [-0.2, 0) is 6.54 Å². The van der Waals surface area contributed by atoms with Crippen LogP contribution in [0.15, 0.2) is 30.3 Å². The maximum absolute atomic E-state index is 9.80. The van der Waals surface area contributed by atoms with Crippen LogP contribution in [0.4, 0.5) is 0 Å². The van der Waals surface area contributed by atoms with Gasteiger partial charge in [0.2, 0.25) is 0 Å². The molecule has 1 aliphatic heterocycles. The third-order valence-corrected chi connectivity index (χ3v) is 4.73. The van der Waals surface area contributed by atoms with Crippen molar-refractivity contribution in [2.24, 2.45) is 0 Å². The fraction of sp³-hybridized carbons (Fsp3) is 0.526. The van der Waals surface area contributed by atoms with E-state index in [0.717, 1.165) is 56.9 Å². The summed E-state index contributed by atoms with van der Waals surface area (Å²) in [6.07, 6.45) is 0.649. The van der Waals surface area contributed by atoms with E-state index in [0.29, 0.717) is 0 Å². The minimum Gasteiger partial charge on any atom is -0.392 e. The highest BCUT2D eigenvalue weighted by molar-refractivity contribution is 5.82.